The van der Waals surface area contributed by atoms with Gasteiger partial charge in [-0.1, -0.05) is 110 Å². The van der Waals surface area contributed by atoms with Gasteiger partial charge in [-0.05, 0) is 68.3 Å². The number of benzene rings is 5. The summed E-state index contributed by atoms with van der Waals surface area (Å²) in [7, 11) is 0. The molecule has 0 aliphatic heterocycles. The predicted octanol–water partition coefficient (Wildman–Crippen LogP) is 11.8. The average molecular weight is 818 g/mol. The first kappa shape index (κ1) is 29.4. The molecule has 8 rings (SSSR count). The maximum Gasteiger partial charge on any atom is 0.0280 e. The minimum Gasteiger partial charge on any atom is -0.305 e. The third-order valence-corrected chi connectivity index (χ3v) is 9.75. The van der Waals surface area contributed by atoms with Crippen molar-refractivity contribution in [3.63, 3.8) is 0 Å². The molecule has 48 heavy (non-hydrogen) atoms. The zero-order chi connectivity index (χ0) is 34.7. The first-order chi connectivity index (χ1) is 24.2. The van der Waals surface area contributed by atoms with Crippen molar-refractivity contribution in [2.24, 2.45) is 0 Å². The molecule has 0 fully saturated rings. The third kappa shape index (κ3) is 6.79. The van der Waals surface area contributed by atoms with E-state index in [2.05, 4.69) is 104 Å². The Bertz CT molecular complexity index is 2390. The van der Waals surface area contributed by atoms with E-state index in [-0.39, 0.29) is 31.1 Å². The molecule has 8 aromatic rings. The molecule has 0 amide bonds. The number of hydrogen-bond acceptors (Lipinski definition) is 3. The van der Waals surface area contributed by atoms with Gasteiger partial charge in [-0.25, -0.2) is 0 Å². The van der Waals surface area contributed by atoms with E-state index in [0.717, 1.165) is 22.4 Å². The first-order valence-electron chi connectivity index (χ1n) is 17.1. The van der Waals surface area contributed by atoms with E-state index in [1.165, 1.54) is 37.5 Å². The van der Waals surface area contributed by atoms with Crippen LogP contribution in [-0.2, 0) is 25.5 Å². The summed E-state index contributed by atoms with van der Waals surface area (Å²) in [5.74, 6) is 0. The first-order valence-corrected chi connectivity index (χ1v) is 16.4. The number of thiophene rings is 1. The van der Waals surface area contributed by atoms with Gasteiger partial charge in [0, 0.05) is 46.7 Å². The predicted molar refractivity (Wildman–Crippen MR) is 199 cm³/mol. The molecular weight excluding hydrogens is 781 g/mol. The second-order valence-electron chi connectivity index (χ2n) is 11.9. The number of aromatic nitrogens is 2. The Balaban J connectivity index is 0.000000178. The number of rotatable bonds is 5. The van der Waals surface area contributed by atoms with Crippen LogP contribution in [0.2, 0.25) is 0 Å². The topological polar surface area (TPSA) is 25.8 Å². The molecule has 0 unspecified atom stereocenters. The van der Waals surface area contributed by atoms with Crippen LogP contribution in [0.1, 0.15) is 34.7 Å². The molecule has 0 saturated carbocycles. The quantitative estimate of drug-likeness (QED) is 0.162. The summed E-state index contributed by atoms with van der Waals surface area (Å²) in [5, 5.41) is 2.59. The number of fused-ring (bicyclic) bond motifs is 3. The molecule has 1 radical (unpaired) electrons. The van der Waals surface area contributed by atoms with Gasteiger partial charge < -0.3 is 9.97 Å². The Morgan fingerprint density at radius 3 is 2.19 bits per heavy atom. The number of nitrogens with zero attached hydrogens (tertiary/aromatic N) is 2. The zero-order valence-corrected chi connectivity index (χ0v) is 29.8. The third-order valence-electron chi connectivity index (χ3n) is 8.55. The molecule has 0 N–H and O–H groups in total. The minimum atomic E-state index is -2.20. The van der Waals surface area contributed by atoms with Crippen LogP contribution in [0.4, 0.5) is 0 Å². The standard InChI is InChI=1S/C26H20NS.C18H14N.Ir/c1-26(2,18-9-4-3-5-10-18)19-15-16-27-23(17-19)22-13-8-12-21-20-11-6-7-14-24(20)28-25(21)22;1-14-13-19-18(16-10-6-3-7-11-16)12-17(14)15-8-4-2-5-9-15;/h3-12,14-17H,1-2H3;2-10,12-13H,1H3;/q2*-1;/i;1D3;. The van der Waals surface area contributed by atoms with Gasteiger partial charge in [0.05, 0.1) is 0 Å². The van der Waals surface area contributed by atoms with E-state index < -0.39 is 6.85 Å². The molecule has 5 aromatic carbocycles. The molecule has 237 valence electrons. The Morgan fingerprint density at radius 2 is 1.42 bits per heavy atom. The molecule has 4 heteroatoms. The normalized spacial score (nSPS) is 12.2. The van der Waals surface area contributed by atoms with E-state index >= 15 is 0 Å². The van der Waals surface area contributed by atoms with E-state index in [4.69, 9.17) is 9.10 Å². The summed E-state index contributed by atoms with van der Waals surface area (Å²) in [5.41, 5.74) is 7.92. The Hall–Kier alpha value is -4.73. The number of aryl methyl sites for hydroxylation is 1. The zero-order valence-electron chi connectivity index (χ0n) is 29.6. The molecule has 0 atom stereocenters. The molecule has 3 aromatic heterocycles. The van der Waals surface area contributed by atoms with E-state index in [1.54, 1.807) is 0 Å². The molecule has 3 heterocycles. The Labute approximate surface area is 304 Å². The SMILES string of the molecule is CC(C)(c1ccccc1)c1ccnc(-c2[c-]ccc3c2sc2ccccc23)c1.[2H]C([2H])([2H])c1cnc(-c2[c-]cccc2)cc1-c1ccccc1.[Ir]. The van der Waals surface area contributed by atoms with E-state index in [1.807, 2.05) is 84.3 Å². The van der Waals surface area contributed by atoms with Gasteiger partial charge in [0.15, 0.2) is 0 Å². The van der Waals surface area contributed by atoms with Crippen LogP contribution in [0.15, 0.2) is 152 Å². The van der Waals surface area contributed by atoms with Gasteiger partial charge in [-0.2, -0.15) is 11.3 Å². The summed E-state index contributed by atoms with van der Waals surface area (Å²) in [4.78, 5) is 9.02. The van der Waals surface area contributed by atoms with Crippen molar-refractivity contribution in [3.8, 4) is 33.6 Å². The smallest absolute Gasteiger partial charge is 0.0280 e. The second-order valence-corrected chi connectivity index (χ2v) is 12.9. The summed E-state index contributed by atoms with van der Waals surface area (Å²) in [6, 6.07) is 53.2. The van der Waals surface area contributed by atoms with Gasteiger partial charge in [0.2, 0.25) is 0 Å². The Morgan fingerprint density at radius 1 is 0.667 bits per heavy atom. The maximum absolute atomic E-state index is 7.72. The van der Waals surface area contributed by atoms with Crippen molar-refractivity contribution in [1.29, 1.82) is 0 Å². The average Bonchev–Trinajstić information content (AvgIpc) is 3.55. The number of hydrogen-bond donors (Lipinski definition) is 0. The Kier molecular flexibility index (Phi) is 8.93. The van der Waals surface area contributed by atoms with Crippen molar-refractivity contribution in [1.82, 2.24) is 9.97 Å². The van der Waals surface area contributed by atoms with Crippen LogP contribution in [0.25, 0.3) is 53.8 Å². The maximum atomic E-state index is 7.72. The summed E-state index contributed by atoms with van der Waals surface area (Å²) in [6.45, 7) is 2.34. The second kappa shape index (κ2) is 14.6. The van der Waals surface area contributed by atoms with Gasteiger partial charge >= 0.3 is 0 Å². The van der Waals surface area contributed by atoms with Gasteiger partial charge in [0.1, 0.15) is 0 Å². The minimum absolute atomic E-state index is 0. The fourth-order valence-electron chi connectivity index (χ4n) is 5.87. The van der Waals surface area contributed by atoms with E-state index in [9.17, 15) is 0 Å². The van der Waals surface area contributed by atoms with Crippen LogP contribution in [0.5, 0.6) is 0 Å². The fourth-order valence-corrected chi connectivity index (χ4v) is 7.08. The summed E-state index contributed by atoms with van der Waals surface area (Å²) < 4.78 is 25.7. The fraction of sp³-hybridized carbons (Fsp3) is 0.0909. The van der Waals surface area contributed by atoms with Gasteiger partial charge in [-0.15, -0.1) is 59.7 Å². The van der Waals surface area contributed by atoms with Crippen LogP contribution in [0, 0.1) is 19.0 Å². The van der Waals surface area contributed by atoms with Crippen molar-refractivity contribution in [3.05, 3.63) is 181 Å². The van der Waals surface area contributed by atoms with Gasteiger partial charge in [0.25, 0.3) is 0 Å². The molecule has 0 saturated heterocycles. The molecule has 0 aliphatic rings. The van der Waals surface area contributed by atoms with Gasteiger partial charge in [-0.3, -0.25) is 0 Å². The largest absolute Gasteiger partial charge is 0.305 e. The van der Waals surface area contributed by atoms with Crippen molar-refractivity contribution < 1.29 is 24.2 Å². The van der Waals surface area contributed by atoms with Crippen molar-refractivity contribution in [2.45, 2.75) is 26.1 Å². The van der Waals surface area contributed by atoms with Crippen molar-refractivity contribution >= 4 is 31.5 Å². The van der Waals surface area contributed by atoms with Crippen molar-refractivity contribution in [2.75, 3.05) is 0 Å². The number of pyridine rings is 2. The van der Waals surface area contributed by atoms with Crippen LogP contribution < -0.4 is 0 Å². The summed E-state index contributed by atoms with van der Waals surface area (Å²) in [6.07, 6.45) is 3.38. The van der Waals surface area contributed by atoms with Crippen LogP contribution in [0.3, 0.4) is 0 Å². The molecule has 0 bridgehead atoms. The van der Waals surface area contributed by atoms with Crippen LogP contribution >= 0.6 is 11.3 Å². The monoisotopic (exact) mass is 818 g/mol. The van der Waals surface area contributed by atoms with E-state index in [0.29, 0.717) is 11.3 Å². The molecule has 0 spiro atoms. The molecule has 2 nitrogen and oxygen atoms in total. The molecule has 0 aliphatic carbocycles. The molecular formula is C44H34IrN2S-2. The van der Waals surface area contributed by atoms with Crippen LogP contribution in [-0.4, -0.2) is 9.97 Å². The summed E-state index contributed by atoms with van der Waals surface area (Å²) >= 11 is 1.82.